The number of amides is 1. The fourth-order valence-corrected chi connectivity index (χ4v) is 4.42. The second kappa shape index (κ2) is 9.93. The van der Waals surface area contributed by atoms with Gasteiger partial charge in [0, 0.05) is 6.54 Å². The van der Waals surface area contributed by atoms with E-state index in [2.05, 4.69) is 5.32 Å². The van der Waals surface area contributed by atoms with Gasteiger partial charge in [0.15, 0.2) is 0 Å². The molecule has 0 fully saturated rings. The van der Waals surface area contributed by atoms with Crippen molar-refractivity contribution in [2.24, 2.45) is 11.8 Å². The van der Waals surface area contributed by atoms with Crippen LogP contribution in [0.15, 0.2) is 48.5 Å². The molecular formula is C24H30N2O6S. The zero-order valence-electron chi connectivity index (χ0n) is 19.0. The van der Waals surface area contributed by atoms with Gasteiger partial charge in [-0.15, -0.1) is 0 Å². The van der Waals surface area contributed by atoms with Crippen LogP contribution in [0.4, 0.5) is 5.69 Å². The van der Waals surface area contributed by atoms with Gasteiger partial charge in [0.05, 0.1) is 17.5 Å². The van der Waals surface area contributed by atoms with E-state index >= 15 is 0 Å². The molecule has 0 aliphatic heterocycles. The standard InChI is InChI=1S/C24H30N2O6S/c1-24(2,3)32-23(28)21-15-18-13-19(26-33(29,30)31)10-9-17(18)14-20(21)22(27)25-12-11-16-7-5-4-6-8-16/h4-10,13,20-21,26H,11-12,14-15H2,1-3H3,(H,25,27)(H,29,30,31)/t20?,21-/m0/s1. The quantitative estimate of drug-likeness (QED) is 0.419. The molecule has 0 bridgehead atoms. The number of hydrogen-bond acceptors (Lipinski definition) is 5. The Morgan fingerprint density at radius 2 is 1.70 bits per heavy atom. The second-order valence-corrected chi connectivity index (χ2v) is 10.4. The van der Waals surface area contributed by atoms with Crippen LogP contribution in [-0.2, 0) is 43.9 Å². The highest BCUT2D eigenvalue weighted by Gasteiger charge is 2.40. The first-order valence-corrected chi connectivity index (χ1v) is 12.3. The smallest absolute Gasteiger partial charge is 0.357 e. The fourth-order valence-electron chi connectivity index (χ4n) is 3.99. The summed E-state index contributed by atoms with van der Waals surface area (Å²) >= 11 is 0. The number of carbonyl (C=O) groups is 2. The molecule has 0 spiro atoms. The lowest BCUT2D eigenvalue weighted by molar-refractivity contribution is -0.164. The van der Waals surface area contributed by atoms with E-state index in [1.807, 2.05) is 35.1 Å². The number of hydrogen-bond donors (Lipinski definition) is 3. The van der Waals surface area contributed by atoms with Crippen LogP contribution in [0.1, 0.15) is 37.5 Å². The molecule has 0 aromatic heterocycles. The summed E-state index contributed by atoms with van der Waals surface area (Å²) in [6.07, 6.45) is 1.22. The van der Waals surface area contributed by atoms with Crippen LogP contribution >= 0.6 is 0 Å². The van der Waals surface area contributed by atoms with E-state index in [9.17, 15) is 18.0 Å². The van der Waals surface area contributed by atoms with Crippen molar-refractivity contribution in [3.05, 3.63) is 65.2 Å². The molecule has 178 valence electrons. The Morgan fingerprint density at radius 3 is 2.33 bits per heavy atom. The second-order valence-electron chi connectivity index (χ2n) is 9.24. The zero-order chi connectivity index (χ0) is 24.2. The van der Waals surface area contributed by atoms with Gasteiger partial charge in [-0.3, -0.25) is 18.9 Å². The van der Waals surface area contributed by atoms with Crippen LogP contribution in [0.2, 0.25) is 0 Å². The molecule has 8 nitrogen and oxygen atoms in total. The molecule has 0 heterocycles. The van der Waals surface area contributed by atoms with Crippen molar-refractivity contribution in [3.8, 4) is 0 Å². The number of esters is 1. The van der Waals surface area contributed by atoms with Crippen molar-refractivity contribution in [3.63, 3.8) is 0 Å². The summed E-state index contributed by atoms with van der Waals surface area (Å²) in [5, 5.41) is 2.95. The van der Waals surface area contributed by atoms with Gasteiger partial charge >= 0.3 is 16.3 Å². The molecule has 0 saturated heterocycles. The largest absolute Gasteiger partial charge is 0.460 e. The maximum Gasteiger partial charge on any atom is 0.357 e. The Hall–Kier alpha value is -2.91. The third kappa shape index (κ3) is 7.30. The average Bonchev–Trinajstić information content (AvgIpc) is 2.71. The molecule has 2 aromatic rings. The van der Waals surface area contributed by atoms with Crippen molar-refractivity contribution in [1.82, 2.24) is 5.32 Å². The number of ether oxygens (including phenoxy) is 1. The van der Waals surface area contributed by atoms with Crippen molar-refractivity contribution in [2.75, 3.05) is 11.3 Å². The van der Waals surface area contributed by atoms with Gasteiger partial charge in [-0.2, -0.15) is 8.42 Å². The highest BCUT2D eigenvalue weighted by atomic mass is 32.2. The van der Waals surface area contributed by atoms with Crippen LogP contribution in [0.3, 0.4) is 0 Å². The van der Waals surface area contributed by atoms with E-state index in [1.165, 1.54) is 6.07 Å². The summed E-state index contributed by atoms with van der Waals surface area (Å²) in [4.78, 5) is 26.1. The lowest BCUT2D eigenvalue weighted by atomic mass is 9.75. The van der Waals surface area contributed by atoms with Gasteiger partial charge in [0.1, 0.15) is 5.60 Å². The first kappa shape index (κ1) is 24.7. The van der Waals surface area contributed by atoms with Crippen LogP contribution < -0.4 is 10.0 Å². The maximum absolute atomic E-state index is 13.1. The fraction of sp³-hybridized carbons (Fsp3) is 0.417. The van der Waals surface area contributed by atoms with E-state index in [0.29, 0.717) is 19.4 Å². The molecule has 1 unspecified atom stereocenters. The highest BCUT2D eigenvalue weighted by molar-refractivity contribution is 7.87. The van der Waals surface area contributed by atoms with E-state index < -0.39 is 33.7 Å². The third-order valence-corrected chi connectivity index (χ3v) is 5.91. The van der Waals surface area contributed by atoms with Crippen molar-refractivity contribution >= 4 is 27.9 Å². The van der Waals surface area contributed by atoms with E-state index in [4.69, 9.17) is 9.29 Å². The minimum absolute atomic E-state index is 0.185. The Morgan fingerprint density at radius 1 is 1.03 bits per heavy atom. The summed E-state index contributed by atoms with van der Waals surface area (Å²) in [6, 6.07) is 14.6. The molecule has 0 radical (unpaired) electrons. The number of nitrogens with one attached hydrogen (secondary N) is 2. The molecule has 3 N–H and O–H groups in total. The normalized spacial score (nSPS) is 18.2. The van der Waals surface area contributed by atoms with Gasteiger partial charge < -0.3 is 10.1 Å². The van der Waals surface area contributed by atoms with Crippen molar-refractivity contribution in [1.29, 1.82) is 0 Å². The monoisotopic (exact) mass is 474 g/mol. The SMILES string of the molecule is CC(C)(C)OC(=O)[C@H]1Cc2cc(NS(=O)(=O)O)ccc2CC1C(=O)NCCc1ccccc1. The number of fused-ring (bicyclic) bond motifs is 1. The van der Waals surface area contributed by atoms with Crippen molar-refractivity contribution in [2.45, 2.75) is 45.6 Å². The Labute approximate surface area is 194 Å². The molecule has 1 aliphatic carbocycles. The van der Waals surface area contributed by atoms with E-state index in [-0.39, 0.29) is 18.0 Å². The van der Waals surface area contributed by atoms with Crippen molar-refractivity contribution < 1.29 is 27.3 Å². The first-order valence-electron chi connectivity index (χ1n) is 10.8. The minimum atomic E-state index is -4.42. The summed E-state index contributed by atoms with van der Waals surface area (Å²) in [6.45, 7) is 5.75. The van der Waals surface area contributed by atoms with E-state index in [1.54, 1.807) is 32.9 Å². The molecule has 2 atom stereocenters. The first-order chi connectivity index (χ1) is 15.4. The van der Waals surface area contributed by atoms with Crippen LogP contribution in [-0.4, -0.2) is 37.0 Å². The third-order valence-electron chi connectivity index (χ3n) is 5.42. The topological polar surface area (TPSA) is 122 Å². The highest BCUT2D eigenvalue weighted by Crippen LogP contribution is 2.34. The van der Waals surface area contributed by atoms with Crippen LogP contribution in [0, 0.1) is 11.8 Å². The average molecular weight is 475 g/mol. The Balaban J connectivity index is 1.79. The summed E-state index contributed by atoms with van der Waals surface area (Å²) in [5.41, 5.74) is 2.16. The molecule has 0 saturated carbocycles. The number of benzene rings is 2. The minimum Gasteiger partial charge on any atom is -0.460 e. The molecule has 3 rings (SSSR count). The molecule has 2 aromatic carbocycles. The predicted molar refractivity (Wildman–Crippen MR) is 125 cm³/mol. The summed E-state index contributed by atoms with van der Waals surface area (Å²) in [5.74, 6) is -2.00. The molecule has 1 aliphatic rings. The van der Waals surface area contributed by atoms with Gasteiger partial charge in [-0.25, -0.2) is 0 Å². The van der Waals surface area contributed by atoms with Gasteiger partial charge in [0.2, 0.25) is 5.91 Å². The van der Waals surface area contributed by atoms with E-state index in [0.717, 1.165) is 16.7 Å². The lowest BCUT2D eigenvalue weighted by Gasteiger charge is -2.33. The number of anilines is 1. The molecule has 1 amide bonds. The van der Waals surface area contributed by atoms with Crippen LogP contribution in [0.5, 0.6) is 0 Å². The van der Waals surface area contributed by atoms with Gasteiger partial charge in [0.25, 0.3) is 0 Å². The summed E-state index contributed by atoms with van der Waals surface area (Å²) < 4.78 is 39.0. The Bertz CT molecular complexity index is 1110. The number of carbonyl (C=O) groups excluding carboxylic acids is 2. The van der Waals surface area contributed by atoms with Gasteiger partial charge in [-0.1, -0.05) is 36.4 Å². The molecular weight excluding hydrogens is 444 g/mol. The lowest BCUT2D eigenvalue weighted by Crippen LogP contribution is -2.44. The summed E-state index contributed by atoms with van der Waals surface area (Å²) in [7, 11) is -4.42. The molecule has 9 heteroatoms. The Kier molecular flexibility index (Phi) is 7.44. The molecule has 33 heavy (non-hydrogen) atoms. The van der Waals surface area contributed by atoms with Gasteiger partial charge in [-0.05, 0) is 68.9 Å². The zero-order valence-corrected chi connectivity index (χ0v) is 19.8. The van der Waals surface area contributed by atoms with Crippen LogP contribution in [0.25, 0.3) is 0 Å². The predicted octanol–water partition coefficient (Wildman–Crippen LogP) is 2.93. The maximum atomic E-state index is 13.1. The number of rotatable bonds is 7.